The van der Waals surface area contributed by atoms with Gasteiger partial charge < -0.3 is 14.7 Å². The van der Waals surface area contributed by atoms with Crippen LogP contribution in [0, 0.1) is 0 Å². The molecule has 0 unspecified atom stereocenters. The van der Waals surface area contributed by atoms with Crippen LogP contribution in [0.4, 0.5) is 0 Å². The van der Waals surface area contributed by atoms with Crippen LogP contribution in [0.5, 0.6) is 11.5 Å². The van der Waals surface area contributed by atoms with E-state index in [0.29, 0.717) is 11.7 Å². The van der Waals surface area contributed by atoms with E-state index in [1.807, 2.05) is 11.0 Å². The monoisotopic (exact) mass is 249 g/mol. The van der Waals surface area contributed by atoms with Crippen LogP contribution in [0.1, 0.15) is 31.2 Å². The molecule has 1 aliphatic heterocycles. The largest absolute Gasteiger partial charge is 0.508 e. The summed E-state index contributed by atoms with van der Waals surface area (Å²) >= 11 is 0. The average molecular weight is 249 g/mol. The van der Waals surface area contributed by atoms with Crippen LogP contribution in [-0.4, -0.2) is 36.1 Å². The first-order chi connectivity index (χ1) is 8.61. The van der Waals surface area contributed by atoms with Crippen molar-refractivity contribution < 1.29 is 14.6 Å². The van der Waals surface area contributed by atoms with Crippen LogP contribution in [0.15, 0.2) is 18.2 Å². The number of rotatable bonds is 2. The van der Waals surface area contributed by atoms with Gasteiger partial charge in [-0.3, -0.25) is 4.79 Å². The van der Waals surface area contributed by atoms with Crippen molar-refractivity contribution >= 4 is 5.91 Å². The third-order valence-corrected chi connectivity index (χ3v) is 3.61. The lowest BCUT2D eigenvalue weighted by Crippen LogP contribution is -2.36. The summed E-state index contributed by atoms with van der Waals surface area (Å²) in [4.78, 5) is 13.1. The molecule has 4 heteroatoms. The Balaban J connectivity index is 2.11. The van der Waals surface area contributed by atoms with E-state index in [0.717, 1.165) is 37.2 Å². The quantitative estimate of drug-likeness (QED) is 0.873. The highest BCUT2D eigenvalue weighted by atomic mass is 16.5. The number of amides is 1. The fraction of sp³-hybridized carbons (Fsp3) is 0.500. The molecular weight excluding hydrogens is 230 g/mol. The predicted molar refractivity (Wildman–Crippen MR) is 68.9 cm³/mol. The number of piperidine rings is 1. The van der Waals surface area contributed by atoms with E-state index >= 15 is 0 Å². The summed E-state index contributed by atoms with van der Waals surface area (Å²) in [5.41, 5.74) is 0.928. The van der Waals surface area contributed by atoms with Gasteiger partial charge in [0.05, 0.1) is 7.11 Å². The third kappa shape index (κ3) is 2.58. The number of likely N-dealkylation sites (tertiary alicyclic amines) is 1. The second-order valence-corrected chi connectivity index (χ2v) is 4.71. The molecule has 18 heavy (non-hydrogen) atoms. The first-order valence-electron chi connectivity index (χ1n) is 6.24. The Morgan fingerprint density at radius 2 is 2.06 bits per heavy atom. The number of carbonyl (C=O) groups is 1. The molecule has 0 spiro atoms. The number of ether oxygens (including phenoxy) is 1. The average Bonchev–Trinajstić information content (AvgIpc) is 2.39. The normalized spacial score (nSPS) is 16.7. The maximum atomic E-state index is 11.3. The van der Waals surface area contributed by atoms with Crippen molar-refractivity contribution in [3.63, 3.8) is 0 Å². The van der Waals surface area contributed by atoms with Gasteiger partial charge >= 0.3 is 0 Å². The van der Waals surface area contributed by atoms with Crippen LogP contribution in [0.25, 0.3) is 0 Å². The van der Waals surface area contributed by atoms with E-state index in [1.54, 1.807) is 26.2 Å². The minimum Gasteiger partial charge on any atom is -0.508 e. The minimum atomic E-state index is 0.128. The lowest BCUT2D eigenvalue weighted by Gasteiger charge is -2.31. The lowest BCUT2D eigenvalue weighted by atomic mass is 9.88. The molecule has 0 atom stereocenters. The standard InChI is InChI=1S/C14H19NO3/c1-10(16)15-7-5-11(6-8-15)13-9-12(18-2)3-4-14(13)17/h3-4,9,11,17H,5-8H2,1-2H3. The molecule has 0 aliphatic carbocycles. The molecule has 4 nitrogen and oxygen atoms in total. The smallest absolute Gasteiger partial charge is 0.219 e. The Hall–Kier alpha value is -1.71. The zero-order valence-electron chi connectivity index (χ0n) is 10.8. The summed E-state index contributed by atoms with van der Waals surface area (Å²) in [6.07, 6.45) is 1.78. The molecule has 1 fully saturated rings. The van der Waals surface area contributed by atoms with Crippen molar-refractivity contribution in [2.75, 3.05) is 20.2 Å². The zero-order chi connectivity index (χ0) is 13.1. The highest BCUT2D eigenvalue weighted by Gasteiger charge is 2.24. The molecule has 1 aliphatic rings. The van der Waals surface area contributed by atoms with Gasteiger partial charge in [-0.05, 0) is 37.0 Å². The minimum absolute atomic E-state index is 0.128. The number of hydrogen-bond donors (Lipinski definition) is 1. The van der Waals surface area contributed by atoms with Gasteiger partial charge in [-0.1, -0.05) is 0 Å². The van der Waals surface area contributed by atoms with Crippen LogP contribution in [0.3, 0.4) is 0 Å². The van der Waals surface area contributed by atoms with Crippen molar-refractivity contribution in [3.8, 4) is 11.5 Å². The van der Waals surface area contributed by atoms with Crippen molar-refractivity contribution in [1.82, 2.24) is 4.90 Å². The fourth-order valence-electron chi connectivity index (χ4n) is 2.49. The molecule has 1 N–H and O–H groups in total. The maximum Gasteiger partial charge on any atom is 0.219 e. The fourth-order valence-corrected chi connectivity index (χ4v) is 2.49. The molecule has 0 bridgehead atoms. The molecule has 2 rings (SSSR count). The Morgan fingerprint density at radius 3 is 2.61 bits per heavy atom. The van der Waals surface area contributed by atoms with Gasteiger partial charge in [0, 0.05) is 25.6 Å². The second-order valence-electron chi connectivity index (χ2n) is 4.71. The van der Waals surface area contributed by atoms with Crippen molar-refractivity contribution in [2.45, 2.75) is 25.7 Å². The molecule has 1 aromatic rings. The Morgan fingerprint density at radius 1 is 1.39 bits per heavy atom. The van der Waals surface area contributed by atoms with E-state index in [-0.39, 0.29) is 5.91 Å². The Kier molecular flexibility index (Phi) is 3.75. The van der Waals surface area contributed by atoms with E-state index < -0.39 is 0 Å². The number of aromatic hydroxyl groups is 1. The molecule has 0 aromatic heterocycles. The number of carbonyl (C=O) groups excluding carboxylic acids is 1. The summed E-state index contributed by atoms with van der Waals surface area (Å²) in [5.74, 6) is 1.51. The van der Waals surface area contributed by atoms with Gasteiger partial charge in [0.1, 0.15) is 11.5 Å². The van der Waals surface area contributed by atoms with Gasteiger partial charge in [-0.25, -0.2) is 0 Å². The van der Waals surface area contributed by atoms with Crippen LogP contribution >= 0.6 is 0 Å². The first-order valence-corrected chi connectivity index (χ1v) is 6.24. The molecule has 1 saturated heterocycles. The Labute approximate surface area is 107 Å². The van der Waals surface area contributed by atoms with E-state index in [1.165, 1.54) is 0 Å². The zero-order valence-corrected chi connectivity index (χ0v) is 10.8. The lowest BCUT2D eigenvalue weighted by molar-refractivity contribution is -0.129. The number of methoxy groups -OCH3 is 1. The molecule has 1 aromatic carbocycles. The topological polar surface area (TPSA) is 49.8 Å². The number of hydrogen-bond acceptors (Lipinski definition) is 3. The molecule has 98 valence electrons. The van der Waals surface area contributed by atoms with E-state index in [9.17, 15) is 9.90 Å². The summed E-state index contributed by atoms with van der Waals surface area (Å²) in [6.45, 7) is 3.12. The van der Waals surface area contributed by atoms with Crippen LogP contribution in [-0.2, 0) is 4.79 Å². The van der Waals surface area contributed by atoms with Gasteiger partial charge in [-0.15, -0.1) is 0 Å². The van der Waals surface area contributed by atoms with Gasteiger partial charge in [0.25, 0.3) is 0 Å². The molecule has 0 saturated carbocycles. The van der Waals surface area contributed by atoms with Crippen LogP contribution in [0.2, 0.25) is 0 Å². The highest BCUT2D eigenvalue weighted by Crippen LogP contribution is 2.35. The predicted octanol–water partition coefficient (Wildman–Crippen LogP) is 2.13. The molecule has 1 amide bonds. The van der Waals surface area contributed by atoms with E-state index in [2.05, 4.69) is 0 Å². The number of phenols is 1. The molecule has 1 heterocycles. The SMILES string of the molecule is COc1ccc(O)c(C2CCN(C(C)=O)CC2)c1. The highest BCUT2D eigenvalue weighted by molar-refractivity contribution is 5.73. The number of phenolic OH excluding ortho intramolecular Hbond substituents is 1. The van der Waals surface area contributed by atoms with Gasteiger partial charge in [0.15, 0.2) is 0 Å². The van der Waals surface area contributed by atoms with Gasteiger partial charge in [-0.2, -0.15) is 0 Å². The molecular formula is C14H19NO3. The summed E-state index contributed by atoms with van der Waals surface area (Å²) in [5, 5.41) is 9.92. The van der Waals surface area contributed by atoms with E-state index in [4.69, 9.17) is 4.74 Å². The van der Waals surface area contributed by atoms with Crippen molar-refractivity contribution in [2.24, 2.45) is 0 Å². The van der Waals surface area contributed by atoms with Crippen molar-refractivity contribution in [3.05, 3.63) is 23.8 Å². The summed E-state index contributed by atoms with van der Waals surface area (Å²) in [7, 11) is 1.62. The van der Waals surface area contributed by atoms with Crippen LogP contribution < -0.4 is 4.74 Å². The van der Waals surface area contributed by atoms with Gasteiger partial charge in [0.2, 0.25) is 5.91 Å². The maximum absolute atomic E-state index is 11.3. The number of nitrogens with zero attached hydrogens (tertiary/aromatic N) is 1. The van der Waals surface area contributed by atoms with Crippen molar-refractivity contribution in [1.29, 1.82) is 0 Å². The molecule has 0 radical (unpaired) electrons. The third-order valence-electron chi connectivity index (χ3n) is 3.61. The summed E-state index contributed by atoms with van der Waals surface area (Å²) in [6, 6.07) is 5.32. The second kappa shape index (κ2) is 5.29. The number of benzene rings is 1. The Bertz CT molecular complexity index is 437. The summed E-state index contributed by atoms with van der Waals surface area (Å²) < 4.78 is 5.18. The first kappa shape index (κ1) is 12.7.